The fourth-order valence-corrected chi connectivity index (χ4v) is 3.31. The summed E-state index contributed by atoms with van der Waals surface area (Å²) in [7, 11) is 0. The van der Waals surface area contributed by atoms with E-state index in [1.807, 2.05) is 36.9 Å². The lowest BCUT2D eigenvalue weighted by molar-refractivity contribution is -0.133. The molecule has 0 radical (unpaired) electrons. The van der Waals surface area contributed by atoms with Crippen LogP contribution in [0.4, 0.5) is 5.69 Å². The van der Waals surface area contributed by atoms with Gasteiger partial charge in [0.25, 0.3) is 5.56 Å². The van der Waals surface area contributed by atoms with Gasteiger partial charge in [-0.15, -0.1) is 12.4 Å². The van der Waals surface area contributed by atoms with Crippen LogP contribution in [0.2, 0.25) is 5.02 Å². The molecule has 1 fully saturated rings. The Morgan fingerprint density at radius 1 is 1.14 bits per heavy atom. The van der Waals surface area contributed by atoms with Gasteiger partial charge in [0.1, 0.15) is 5.02 Å². The van der Waals surface area contributed by atoms with E-state index in [9.17, 15) is 9.59 Å². The fraction of sp³-hybridized carbons (Fsp3) is 0.421. The van der Waals surface area contributed by atoms with Gasteiger partial charge >= 0.3 is 0 Å². The van der Waals surface area contributed by atoms with E-state index in [4.69, 9.17) is 17.3 Å². The lowest BCUT2D eigenvalue weighted by Crippen LogP contribution is -2.54. The molecule has 1 aromatic heterocycles. The minimum absolute atomic E-state index is 0. The van der Waals surface area contributed by atoms with Gasteiger partial charge in [0.2, 0.25) is 5.91 Å². The first kappa shape index (κ1) is 22.2. The molecule has 1 aromatic carbocycles. The number of hydrogen-bond acceptors (Lipinski definition) is 5. The highest BCUT2D eigenvalue weighted by molar-refractivity contribution is 6.33. The molecule has 1 aliphatic heterocycles. The van der Waals surface area contributed by atoms with E-state index < -0.39 is 6.04 Å². The molecule has 2 N–H and O–H groups in total. The standard InChI is InChI=1S/C19H24ClN5O2.ClH/c1-13(2)17(21)19(27)24-10-8-23(9-11-24)15-12-22-25(18(26)16(15)20)14-6-4-3-5-7-14;/h3-7,12-13,17H,8-11,21H2,1-2H3;1H/t17-;/m0./s1. The summed E-state index contributed by atoms with van der Waals surface area (Å²) in [5, 5.41) is 4.40. The third-order valence-electron chi connectivity index (χ3n) is 4.84. The van der Waals surface area contributed by atoms with Crippen molar-refractivity contribution in [3.8, 4) is 5.69 Å². The zero-order chi connectivity index (χ0) is 19.6. The van der Waals surface area contributed by atoms with Gasteiger partial charge in [-0.1, -0.05) is 43.6 Å². The lowest BCUT2D eigenvalue weighted by atomic mass is 10.0. The zero-order valence-corrected chi connectivity index (χ0v) is 17.5. The third-order valence-corrected chi connectivity index (χ3v) is 5.19. The highest BCUT2D eigenvalue weighted by Gasteiger charge is 2.28. The van der Waals surface area contributed by atoms with Crippen LogP contribution in [-0.4, -0.2) is 52.8 Å². The number of hydrogen-bond donors (Lipinski definition) is 1. The average molecular weight is 426 g/mol. The van der Waals surface area contributed by atoms with Crippen LogP contribution in [0.15, 0.2) is 41.3 Å². The Balaban J connectivity index is 0.00000280. The molecular formula is C19H25Cl2N5O2. The number of anilines is 1. The van der Waals surface area contributed by atoms with Gasteiger partial charge in [-0.2, -0.15) is 9.78 Å². The Bertz CT molecular complexity index is 864. The van der Waals surface area contributed by atoms with Crippen molar-refractivity contribution in [2.75, 3.05) is 31.1 Å². The molecule has 3 rings (SSSR count). The predicted octanol–water partition coefficient (Wildman–Crippen LogP) is 1.94. The molecule has 9 heteroatoms. The molecule has 1 aliphatic rings. The molecule has 152 valence electrons. The molecule has 2 aromatic rings. The number of amides is 1. The molecule has 0 unspecified atom stereocenters. The Morgan fingerprint density at radius 2 is 1.75 bits per heavy atom. The highest BCUT2D eigenvalue weighted by Crippen LogP contribution is 2.23. The second kappa shape index (κ2) is 9.41. The van der Waals surface area contributed by atoms with Crippen molar-refractivity contribution in [2.24, 2.45) is 11.7 Å². The largest absolute Gasteiger partial charge is 0.365 e. The molecule has 0 spiro atoms. The van der Waals surface area contributed by atoms with Crippen LogP contribution >= 0.6 is 24.0 Å². The third kappa shape index (κ3) is 4.48. The van der Waals surface area contributed by atoms with Crippen molar-refractivity contribution in [3.63, 3.8) is 0 Å². The number of para-hydroxylation sites is 1. The molecule has 0 aliphatic carbocycles. The number of halogens is 2. The van der Waals surface area contributed by atoms with Crippen molar-refractivity contribution in [2.45, 2.75) is 19.9 Å². The van der Waals surface area contributed by atoms with E-state index >= 15 is 0 Å². The summed E-state index contributed by atoms with van der Waals surface area (Å²) in [4.78, 5) is 28.8. The molecule has 0 saturated carbocycles. The molecule has 2 heterocycles. The van der Waals surface area contributed by atoms with E-state index in [1.165, 1.54) is 4.68 Å². The zero-order valence-electron chi connectivity index (χ0n) is 15.9. The Hall–Kier alpha value is -2.09. The van der Waals surface area contributed by atoms with E-state index in [2.05, 4.69) is 5.10 Å². The minimum Gasteiger partial charge on any atom is -0.365 e. The van der Waals surface area contributed by atoms with Gasteiger partial charge < -0.3 is 15.5 Å². The van der Waals surface area contributed by atoms with Gasteiger partial charge in [0.05, 0.1) is 23.6 Å². The van der Waals surface area contributed by atoms with Crippen LogP contribution < -0.4 is 16.2 Å². The number of piperazine rings is 1. The monoisotopic (exact) mass is 425 g/mol. The molecule has 0 bridgehead atoms. The first-order chi connectivity index (χ1) is 12.9. The molecule has 1 atom stereocenters. The maximum atomic E-state index is 12.6. The summed E-state index contributed by atoms with van der Waals surface area (Å²) in [5.74, 6) is 0.0631. The van der Waals surface area contributed by atoms with Crippen LogP contribution in [0.5, 0.6) is 0 Å². The second-order valence-corrected chi connectivity index (χ2v) is 7.36. The van der Waals surface area contributed by atoms with Crippen molar-refractivity contribution < 1.29 is 4.79 Å². The van der Waals surface area contributed by atoms with Crippen LogP contribution in [0.25, 0.3) is 5.69 Å². The van der Waals surface area contributed by atoms with Crippen molar-refractivity contribution in [3.05, 3.63) is 51.9 Å². The number of rotatable bonds is 4. The maximum absolute atomic E-state index is 12.6. The van der Waals surface area contributed by atoms with Crippen LogP contribution in [-0.2, 0) is 4.79 Å². The number of carbonyl (C=O) groups excluding carboxylic acids is 1. The normalized spacial score (nSPS) is 15.3. The second-order valence-electron chi connectivity index (χ2n) is 6.98. The molecule has 1 amide bonds. The number of aromatic nitrogens is 2. The van der Waals surface area contributed by atoms with Crippen LogP contribution in [0.1, 0.15) is 13.8 Å². The van der Waals surface area contributed by atoms with E-state index in [1.54, 1.807) is 23.2 Å². The summed E-state index contributed by atoms with van der Waals surface area (Å²) in [6, 6.07) is 8.65. The van der Waals surface area contributed by atoms with E-state index in [0.29, 0.717) is 37.6 Å². The molecular weight excluding hydrogens is 401 g/mol. The van der Waals surface area contributed by atoms with Gasteiger partial charge in [-0.3, -0.25) is 9.59 Å². The van der Waals surface area contributed by atoms with Crippen molar-refractivity contribution in [1.82, 2.24) is 14.7 Å². The van der Waals surface area contributed by atoms with Crippen LogP contribution in [0, 0.1) is 5.92 Å². The smallest absolute Gasteiger partial charge is 0.292 e. The Kier molecular flexibility index (Phi) is 7.46. The fourth-order valence-electron chi connectivity index (χ4n) is 3.06. The summed E-state index contributed by atoms with van der Waals surface area (Å²) in [5.41, 5.74) is 6.86. The maximum Gasteiger partial charge on any atom is 0.292 e. The SMILES string of the molecule is CC(C)[C@H](N)C(=O)N1CCN(c2cnn(-c3ccccc3)c(=O)c2Cl)CC1.Cl. The number of benzene rings is 1. The van der Waals surface area contributed by atoms with Crippen LogP contribution in [0.3, 0.4) is 0 Å². The Morgan fingerprint density at radius 3 is 2.32 bits per heavy atom. The topological polar surface area (TPSA) is 84.5 Å². The number of nitrogens with two attached hydrogens (primary N) is 1. The minimum atomic E-state index is -0.489. The summed E-state index contributed by atoms with van der Waals surface area (Å²) >= 11 is 6.36. The van der Waals surface area contributed by atoms with Gasteiger partial charge in [-0.05, 0) is 18.1 Å². The lowest BCUT2D eigenvalue weighted by Gasteiger charge is -2.37. The molecule has 1 saturated heterocycles. The van der Waals surface area contributed by atoms with Crippen molar-refractivity contribution >= 4 is 35.6 Å². The van der Waals surface area contributed by atoms with Gasteiger partial charge in [0.15, 0.2) is 0 Å². The summed E-state index contributed by atoms with van der Waals surface area (Å²) < 4.78 is 1.28. The summed E-state index contributed by atoms with van der Waals surface area (Å²) in [6.07, 6.45) is 1.61. The number of nitrogens with zero attached hydrogens (tertiary/aromatic N) is 4. The van der Waals surface area contributed by atoms with E-state index in [-0.39, 0.29) is 34.8 Å². The Labute approximate surface area is 175 Å². The molecule has 7 nitrogen and oxygen atoms in total. The first-order valence-electron chi connectivity index (χ1n) is 9.02. The van der Waals surface area contributed by atoms with Crippen molar-refractivity contribution in [1.29, 1.82) is 0 Å². The van der Waals surface area contributed by atoms with E-state index in [0.717, 1.165) is 0 Å². The first-order valence-corrected chi connectivity index (χ1v) is 9.40. The quantitative estimate of drug-likeness (QED) is 0.808. The van der Waals surface area contributed by atoms with Gasteiger partial charge in [0, 0.05) is 26.2 Å². The average Bonchev–Trinajstić information content (AvgIpc) is 2.69. The molecule has 28 heavy (non-hydrogen) atoms. The van der Waals surface area contributed by atoms with Gasteiger partial charge in [-0.25, -0.2) is 0 Å². The highest BCUT2D eigenvalue weighted by atomic mass is 35.5. The summed E-state index contributed by atoms with van der Waals surface area (Å²) in [6.45, 7) is 6.10. The number of carbonyl (C=O) groups is 1. The predicted molar refractivity (Wildman–Crippen MR) is 114 cm³/mol.